The molecule has 2 rings (SSSR count). The Bertz CT molecular complexity index is 581. The first-order valence-electron chi connectivity index (χ1n) is 6.31. The highest BCUT2D eigenvalue weighted by Gasteiger charge is 2.22. The van der Waals surface area contributed by atoms with Crippen LogP contribution in [0.25, 0.3) is 10.9 Å². The van der Waals surface area contributed by atoms with Gasteiger partial charge < -0.3 is 10.1 Å². The van der Waals surface area contributed by atoms with E-state index in [0.717, 1.165) is 16.6 Å². The molecule has 4 nitrogen and oxygen atoms in total. The SMILES string of the molecule is COC(=O)C(Nc1ccc2ncccc2c1)C(C)C. The molecular weight excluding hydrogens is 240 g/mol. The van der Waals surface area contributed by atoms with E-state index in [-0.39, 0.29) is 17.9 Å². The largest absolute Gasteiger partial charge is 0.467 e. The minimum Gasteiger partial charge on any atom is -0.467 e. The summed E-state index contributed by atoms with van der Waals surface area (Å²) in [6, 6.07) is 9.39. The molecule has 1 aromatic carbocycles. The van der Waals surface area contributed by atoms with Gasteiger partial charge >= 0.3 is 5.97 Å². The van der Waals surface area contributed by atoms with Crippen LogP contribution in [0.3, 0.4) is 0 Å². The third-order valence-electron chi connectivity index (χ3n) is 3.05. The molecule has 100 valence electrons. The summed E-state index contributed by atoms with van der Waals surface area (Å²) in [5.41, 5.74) is 1.83. The van der Waals surface area contributed by atoms with E-state index in [9.17, 15) is 4.79 Å². The average molecular weight is 258 g/mol. The number of ether oxygens (including phenoxy) is 1. The molecule has 0 saturated heterocycles. The van der Waals surface area contributed by atoms with Crippen LogP contribution in [0.1, 0.15) is 13.8 Å². The lowest BCUT2D eigenvalue weighted by atomic mass is 10.0. The number of methoxy groups -OCH3 is 1. The number of carbonyl (C=O) groups excluding carboxylic acids is 1. The summed E-state index contributed by atoms with van der Waals surface area (Å²) in [4.78, 5) is 16.0. The quantitative estimate of drug-likeness (QED) is 0.857. The van der Waals surface area contributed by atoms with E-state index in [2.05, 4.69) is 10.3 Å². The van der Waals surface area contributed by atoms with Crippen molar-refractivity contribution in [1.29, 1.82) is 0 Å². The van der Waals surface area contributed by atoms with Crippen LogP contribution in [0.15, 0.2) is 36.5 Å². The van der Waals surface area contributed by atoms with Gasteiger partial charge in [-0.2, -0.15) is 0 Å². The lowest BCUT2D eigenvalue weighted by molar-refractivity contribution is -0.142. The van der Waals surface area contributed by atoms with Gasteiger partial charge in [-0.3, -0.25) is 4.98 Å². The highest BCUT2D eigenvalue weighted by Crippen LogP contribution is 2.19. The third kappa shape index (κ3) is 3.02. The number of fused-ring (bicyclic) bond motifs is 1. The first-order chi connectivity index (χ1) is 9.11. The Morgan fingerprint density at radius 1 is 1.32 bits per heavy atom. The van der Waals surface area contributed by atoms with Crippen LogP contribution in [0.5, 0.6) is 0 Å². The van der Waals surface area contributed by atoms with Crippen molar-refractivity contribution in [2.75, 3.05) is 12.4 Å². The number of aromatic nitrogens is 1. The Morgan fingerprint density at radius 3 is 2.79 bits per heavy atom. The molecule has 0 fully saturated rings. The van der Waals surface area contributed by atoms with E-state index >= 15 is 0 Å². The van der Waals surface area contributed by atoms with E-state index < -0.39 is 0 Å². The maximum Gasteiger partial charge on any atom is 0.328 e. The Morgan fingerprint density at radius 2 is 2.11 bits per heavy atom. The van der Waals surface area contributed by atoms with Crippen LogP contribution in [0, 0.1) is 5.92 Å². The van der Waals surface area contributed by atoms with Gasteiger partial charge in [-0.15, -0.1) is 0 Å². The normalized spacial score (nSPS) is 12.4. The number of rotatable bonds is 4. The molecule has 1 atom stereocenters. The summed E-state index contributed by atoms with van der Waals surface area (Å²) in [5.74, 6) is -0.0988. The van der Waals surface area contributed by atoms with Gasteiger partial charge in [-0.25, -0.2) is 4.79 Å². The second-order valence-electron chi connectivity index (χ2n) is 4.80. The van der Waals surface area contributed by atoms with Crippen LogP contribution in [0.2, 0.25) is 0 Å². The maximum atomic E-state index is 11.7. The summed E-state index contributed by atoms with van der Waals surface area (Å²) in [7, 11) is 1.41. The van der Waals surface area contributed by atoms with Crippen LogP contribution in [-0.4, -0.2) is 24.1 Å². The second kappa shape index (κ2) is 5.69. The second-order valence-corrected chi connectivity index (χ2v) is 4.80. The number of anilines is 1. The molecule has 19 heavy (non-hydrogen) atoms. The summed E-state index contributed by atoms with van der Waals surface area (Å²) in [5, 5.41) is 4.26. The van der Waals surface area contributed by atoms with Crippen LogP contribution in [0.4, 0.5) is 5.69 Å². The predicted octanol–water partition coefficient (Wildman–Crippen LogP) is 2.84. The molecule has 1 N–H and O–H groups in total. The highest BCUT2D eigenvalue weighted by molar-refractivity contribution is 5.84. The maximum absolute atomic E-state index is 11.7. The van der Waals surface area contributed by atoms with Crippen molar-refractivity contribution < 1.29 is 9.53 Å². The zero-order valence-electron chi connectivity index (χ0n) is 11.4. The lowest BCUT2D eigenvalue weighted by Crippen LogP contribution is -2.35. The number of carbonyl (C=O) groups is 1. The minimum atomic E-state index is -0.348. The molecule has 0 bridgehead atoms. The van der Waals surface area contributed by atoms with E-state index in [1.54, 1.807) is 6.20 Å². The van der Waals surface area contributed by atoms with Crippen LogP contribution < -0.4 is 5.32 Å². The van der Waals surface area contributed by atoms with Gasteiger partial charge in [0.2, 0.25) is 0 Å². The molecule has 1 unspecified atom stereocenters. The Hall–Kier alpha value is -2.10. The molecule has 0 saturated carbocycles. The number of hydrogen-bond acceptors (Lipinski definition) is 4. The van der Waals surface area contributed by atoms with E-state index in [1.165, 1.54) is 7.11 Å². The van der Waals surface area contributed by atoms with Crippen molar-refractivity contribution in [2.24, 2.45) is 5.92 Å². The number of esters is 1. The molecule has 2 aromatic rings. The summed E-state index contributed by atoms with van der Waals surface area (Å²) in [6.07, 6.45) is 1.76. The lowest BCUT2D eigenvalue weighted by Gasteiger charge is -2.21. The van der Waals surface area contributed by atoms with E-state index in [0.29, 0.717) is 0 Å². The molecule has 1 heterocycles. The zero-order valence-corrected chi connectivity index (χ0v) is 11.4. The van der Waals surface area contributed by atoms with E-state index in [4.69, 9.17) is 4.74 Å². The number of nitrogens with zero attached hydrogens (tertiary/aromatic N) is 1. The van der Waals surface area contributed by atoms with Gasteiger partial charge in [0, 0.05) is 17.3 Å². The fourth-order valence-electron chi connectivity index (χ4n) is 1.97. The van der Waals surface area contributed by atoms with Crippen molar-refractivity contribution >= 4 is 22.6 Å². The third-order valence-corrected chi connectivity index (χ3v) is 3.05. The highest BCUT2D eigenvalue weighted by atomic mass is 16.5. The molecule has 0 amide bonds. The van der Waals surface area contributed by atoms with Gasteiger partial charge in [0.25, 0.3) is 0 Å². The van der Waals surface area contributed by atoms with Crippen molar-refractivity contribution in [3.63, 3.8) is 0 Å². The monoisotopic (exact) mass is 258 g/mol. The molecular formula is C15H18N2O2. The Balaban J connectivity index is 2.26. The molecule has 4 heteroatoms. The zero-order chi connectivity index (χ0) is 13.8. The fraction of sp³-hybridized carbons (Fsp3) is 0.333. The number of nitrogens with one attached hydrogen (secondary N) is 1. The van der Waals surface area contributed by atoms with Gasteiger partial charge in [-0.05, 0) is 30.2 Å². The van der Waals surface area contributed by atoms with Crippen LogP contribution >= 0.6 is 0 Å². The van der Waals surface area contributed by atoms with Crippen molar-refractivity contribution in [1.82, 2.24) is 4.98 Å². The van der Waals surface area contributed by atoms with Gasteiger partial charge in [0.05, 0.1) is 12.6 Å². The topological polar surface area (TPSA) is 51.2 Å². The smallest absolute Gasteiger partial charge is 0.328 e. The fourth-order valence-corrected chi connectivity index (χ4v) is 1.97. The number of hydrogen-bond donors (Lipinski definition) is 1. The summed E-state index contributed by atoms with van der Waals surface area (Å²) < 4.78 is 4.82. The number of pyridine rings is 1. The summed E-state index contributed by atoms with van der Waals surface area (Å²) >= 11 is 0. The van der Waals surface area contributed by atoms with Crippen LogP contribution in [-0.2, 0) is 9.53 Å². The van der Waals surface area contributed by atoms with Gasteiger partial charge in [-0.1, -0.05) is 19.9 Å². The Kier molecular flexibility index (Phi) is 4.00. The molecule has 1 aromatic heterocycles. The molecule has 0 radical (unpaired) electrons. The van der Waals surface area contributed by atoms with Gasteiger partial charge in [0.15, 0.2) is 0 Å². The van der Waals surface area contributed by atoms with Crippen molar-refractivity contribution in [3.8, 4) is 0 Å². The summed E-state index contributed by atoms with van der Waals surface area (Å²) in [6.45, 7) is 3.97. The van der Waals surface area contributed by atoms with Gasteiger partial charge in [0.1, 0.15) is 6.04 Å². The first-order valence-corrected chi connectivity index (χ1v) is 6.31. The minimum absolute atomic E-state index is 0.150. The average Bonchev–Trinajstić information content (AvgIpc) is 2.43. The Labute approximate surface area is 112 Å². The molecule has 0 spiro atoms. The predicted molar refractivity (Wildman–Crippen MR) is 76.0 cm³/mol. The number of benzene rings is 1. The van der Waals surface area contributed by atoms with Crippen molar-refractivity contribution in [2.45, 2.75) is 19.9 Å². The van der Waals surface area contributed by atoms with Crippen molar-refractivity contribution in [3.05, 3.63) is 36.5 Å². The first kappa shape index (κ1) is 13.3. The molecule has 0 aliphatic carbocycles. The standard InChI is InChI=1S/C15H18N2O2/c1-10(2)14(15(18)19-3)17-12-6-7-13-11(9-12)5-4-8-16-13/h4-10,14,17H,1-3H3. The van der Waals surface area contributed by atoms with E-state index in [1.807, 2.05) is 44.2 Å². The molecule has 0 aliphatic heterocycles. The molecule has 0 aliphatic rings.